The Hall–Kier alpha value is -3.32. The van der Waals surface area contributed by atoms with E-state index in [0.29, 0.717) is 31.3 Å². The molecule has 0 spiro atoms. The second-order valence-corrected chi connectivity index (χ2v) is 12.0. The van der Waals surface area contributed by atoms with Gasteiger partial charge in [0, 0.05) is 43.3 Å². The van der Waals surface area contributed by atoms with E-state index in [2.05, 4.69) is 51.7 Å². The van der Waals surface area contributed by atoms with E-state index < -0.39 is 5.60 Å². The number of nitrogens with one attached hydrogen (secondary N) is 2. The maximum absolute atomic E-state index is 13.2. The summed E-state index contributed by atoms with van der Waals surface area (Å²) in [6.45, 7) is 4.79. The highest BCUT2D eigenvalue weighted by atomic mass is 32.1. The average Bonchev–Trinajstić information content (AvgIpc) is 3.35. The molecule has 0 atom stereocenters. The highest BCUT2D eigenvalue weighted by Crippen LogP contribution is 2.30. The third kappa shape index (κ3) is 7.41. The summed E-state index contributed by atoms with van der Waals surface area (Å²) in [6, 6.07) is 18.9. The van der Waals surface area contributed by atoms with Crippen molar-refractivity contribution in [3.8, 4) is 16.9 Å². The van der Waals surface area contributed by atoms with Crippen LogP contribution in [-0.4, -0.2) is 40.9 Å². The van der Waals surface area contributed by atoms with Crippen LogP contribution < -0.4 is 15.4 Å². The molecule has 2 amide bonds. The molecule has 2 aliphatic rings. The number of rotatable bonds is 12. The number of benzene rings is 2. The minimum absolute atomic E-state index is 0.0837. The molecule has 1 heterocycles. The highest BCUT2D eigenvalue weighted by Gasteiger charge is 2.33. The van der Waals surface area contributed by atoms with Crippen molar-refractivity contribution >= 4 is 28.8 Å². The first-order chi connectivity index (χ1) is 18.9. The van der Waals surface area contributed by atoms with Crippen LogP contribution in [0.4, 0.5) is 5.69 Å². The number of ether oxygens (including phenoxy) is 1. The molecule has 2 fully saturated rings. The van der Waals surface area contributed by atoms with Gasteiger partial charge in [0.15, 0.2) is 5.60 Å². The molecule has 2 aromatic carbocycles. The number of carbonyl (C=O) groups is 2. The molecule has 1 aromatic heterocycles. The monoisotopic (exact) mass is 545 g/mol. The summed E-state index contributed by atoms with van der Waals surface area (Å²) in [5.41, 5.74) is 3.50. The minimum atomic E-state index is -0.968. The van der Waals surface area contributed by atoms with Gasteiger partial charge in [-0.1, -0.05) is 43.2 Å². The van der Waals surface area contributed by atoms with E-state index in [0.717, 1.165) is 36.9 Å². The Morgan fingerprint density at radius 3 is 2.46 bits per heavy atom. The molecule has 39 heavy (non-hydrogen) atoms. The van der Waals surface area contributed by atoms with E-state index >= 15 is 0 Å². The number of hydrogen-bond donors (Lipinski definition) is 2. The Labute approximate surface area is 235 Å². The minimum Gasteiger partial charge on any atom is -0.478 e. The summed E-state index contributed by atoms with van der Waals surface area (Å²) in [7, 11) is 0. The van der Waals surface area contributed by atoms with Gasteiger partial charge in [-0.3, -0.25) is 9.59 Å². The Balaban J connectivity index is 1.11. The molecule has 3 aromatic rings. The first kappa shape index (κ1) is 27.3. The van der Waals surface area contributed by atoms with Crippen LogP contribution in [0.15, 0.2) is 65.4 Å². The topological polar surface area (TPSA) is 70.7 Å². The SMILES string of the molecule is CC(C)(Oc1cccc(NCCC(=O)N(Cc2ccc(-c3ccsc3)cc2)C2CC2)c1)C(=O)NC1CCCC1. The van der Waals surface area contributed by atoms with Gasteiger partial charge in [-0.15, -0.1) is 0 Å². The molecule has 206 valence electrons. The summed E-state index contributed by atoms with van der Waals surface area (Å²) in [4.78, 5) is 28.0. The molecule has 0 aliphatic heterocycles. The van der Waals surface area contributed by atoms with Gasteiger partial charge in [-0.2, -0.15) is 11.3 Å². The van der Waals surface area contributed by atoms with Crippen molar-refractivity contribution in [2.24, 2.45) is 0 Å². The third-order valence-electron chi connectivity index (χ3n) is 7.58. The molecule has 0 radical (unpaired) electrons. The molecule has 7 heteroatoms. The van der Waals surface area contributed by atoms with Gasteiger partial charge in [-0.05, 0) is 85.2 Å². The lowest BCUT2D eigenvalue weighted by Gasteiger charge is -2.27. The van der Waals surface area contributed by atoms with E-state index in [9.17, 15) is 9.59 Å². The van der Waals surface area contributed by atoms with Crippen molar-refractivity contribution in [1.29, 1.82) is 0 Å². The van der Waals surface area contributed by atoms with Gasteiger partial charge in [0.2, 0.25) is 5.91 Å². The molecular weight excluding hydrogens is 506 g/mol. The van der Waals surface area contributed by atoms with Crippen LogP contribution >= 0.6 is 11.3 Å². The average molecular weight is 546 g/mol. The maximum Gasteiger partial charge on any atom is 0.263 e. The van der Waals surface area contributed by atoms with Crippen LogP contribution in [-0.2, 0) is 16.1 Å². The van der Waals surface area contributed by atoms with E-state index in [-0.39, 0.29) is 17.9 Å². The summed E-state index contributed by atoms with van der Waals surface area (Å²) >= 11 is 1.70. The predicted octanol–water partition coefficient (Wildman–Crippen LogP) is 6.62. The van der Waals surface area contributed by atoms with E-state index in [1.54, 1.807) is 25.2 Å². The molecule has 2 N–H and O–H groups in total. The lowest BCUT2D eigenvalue weighted by Crippen LogP contribution is -2.49. The second-order valence-electron chi connectivity index (χ2n) is 11.2. The zero-order valence-electron chi connectivity index (χ0n) is 22.9. The molecule has 0 bridgehead atoms. The largest absolute Gasteiger partial charge is 0.478 e. The number of carbonyl (C=O) groups excluding carboxylic acids is 2. The van der Waals surface area contributed by atoms with Gasteiger partial charge < -0.3 is 20.3 Å². The summed E-state index contributed by atoms with van der Waals surface area (Å²) in [6.07, 6.45) is 7.00. The van der Waals surface area contributed by atoms with Crippen molar-refractivity contribution in [3.05, 3.63) is 70.9 Å². The van der Waals surface area contributed by atoms with Crippen LogP contribution in [0.5, 0.6) is 5.75 Å². The second kappa shape index (κ2) is 12.2. The van der Waals surface area contributed by atoms with Crippen molar-refractivity contribution in [3.63, 3.8) is 0 Å². The standard InChI is InChI=1S/C32H39N3O3S/c1-32(2,31(37)34-26-6-3-4-7-26)38-29-9-5-8-27(20-29)33-18-16-30(36)35(28-14-15-28)21-23-10-12-24(13-11-23)25-17-19-39-22-25/h5,8-13,17,19-20,22,26,28,33H,3-4,6-7,14-16,18,21H2,1-2H3,(H,34,37). The zero-order chi connectivity index (χ0) is 27.2. The number of anilines is 1. The van der Waals surface area contributed by atoms with Crippen LogP contribution in [0.25, 0.3) is 11.1 Å². The number of hydrogen-bond acceptors (Lipinski definition) is 5. The number of nitrogens with zero attached hydrogens (tertiary/aromatic N) is 1. The summed E-state index contributed by atoms with van der Waals surface area (Å²) in [5, 5.41) is 10.7. The van der Waals surface area contributed by atoms with Crippen molar-refractivity contribution in [2.75, 3.05) is 11.9 Å². The quantitative estimate of drug-likeness (QED) is 0.268. The van der Waals surface area contributed by atoms with Gasteiger partial charge in [0.25, 0.3) is 5.91 Å². The summed E-state index contributed by atoms with van der Waals surface area (Å²) < 4.78 is 6.09. The van der Waals surface area contributed by atoms with Gasteiger partial charge in [0.05, 0.1) is 0 Å². The van der Waals surface area contributed by atoms with Crippen LogP contribution in [0.2, 0.25) is 0 Å². The molecule has 6 nitrogen and oxygen atoms in total. The number of amides is 2. The highest BCUT2D eigenvalue weighted by molar-refractivity contribution is 7.08. The fourth-order valence-corrected chi connectivity index (χ4v) is 5.80. The molecule has 5 rings (SSSR count). The van der Waals surface area contributed by atoms with Crippen LogP contribution in [0, 0.1) is 0 Å². The third-order valence-corrected chi connectivity index (χ3v) is 8.26. The number of thiophene rings is 1. The predicted molar refractivity (Wildman–Crippen MR) is 158 cm³/mol. The fraction of sp³-hybridized carbons (Fsp3) is 0.438. The summed E-state index contributed by atoms with van der Waals surface area (Å²) in [5.74, 6) is 0.715. The normalized spacial score (nSPS) is 15.6. The first-order valence-electron chi connectivity index (χ1n) is 14.1. The van der Waals surface area contributed by atoms with Crippen LogP contribution in [0.3, 0.4) is 0 Å². The Bertz CT molecular complexity index is 1250. The molecule has 0 unspecified atom stereocenters. The maximum atomic E-state index is 13.2. The zero-order valence-corrected chi connectivity index (χ0v) is 23.8. The molecule has 0 saturated heterocycles. The van der Waals surface area contributed by atoms with E-state index in [1.807, 2.05) is 29.2 Å². The molecular formula is C32H39N3O3S. The van der Waals surface area contributed by atoms with Gasteiger partial charge >= 0.3 is 0 Å². The first-order valence-corrected chi connectivity index (χ1v) is 15.1. The molecule has 2 saturated carbocycles. The van der Waals surface area contributed by atoms with Crippen molar-refractivity contribution < 1.29 is 14.3 Å². The lowest BCUT2D eigenvalue weighted by atomic mass is 10.1. The smallest absolute Gasteiger partial charge is 0.263 e. The van der Waals surface area contributed by atoms with E-state index in [1.165, 1.54) is 24.0 Å². The Morgan fingerprint density at radius 2 is 1.77 bits per heavy atom. The molecule has 2 aliphatic carbocycles. The fourth-order valence-electron chi connectivity index (χ4n) is 5.13. The van der Waals surface area contributed by atoms with Crippen molar-refractivity contribution in [1.82, 2.24) is 10.2 Å². The van der Waals surface area contributed by atoms with Crippen LogP contribution in [0.1, 0.15) is 64.4 Å². The van der Waals surface area contributed by atoms with Crippen molar-refractivity contribution in [2.45, 2.75) is 83.0 Å². The van der Waals surface area contributed by atoms with Gasteiger partial charge in [0.1, 0.15) is 5.75 Å². The Morgan fingerprint density at radius 1 is 1.00 bits per heavy atom. The van der Waals surface area contributed by atoms with E-state index in [4.69, 9.17) is 4.74 Å². The van der Waals surface area contributed by atoms with Gasteiger partial charge in [-0.25, -0.2) is 0 Å². The lowest BCUT2D eigenvalue weighted by molar-refractivity contribution is -0.135. The Kier molecular flexibility index (Phi) is 8.56.